The van der Waals surface area contributed by atoms with Gasteiger partial charge in [-0.05, 0) is 122 Å². The first-order chi connectivity index (χ1) is 29.8. The lowest BCUT2D eigenvalue weighted by Crippen LogP contribution is -2.10. The molecule has 1 heterocycles. The van der Waals surface area contributed by atoms with Crippen molar-refractivity contribution in [2.75, 3.05) is 4.90 Å². The monoisotopic (exact) mass is 764 g/mol. The number of rotatable bonds is 8. The summed E-state index contributed by atoms with van der Waals surface area (Å²) in [5.74, 6) is 0. The molecule has 11 rings (SSSR count). The van der Waals surface area contributed by atoms with Crippen LogP contribution in [-0.2, 0) is 0 Å². The van der Waals surface area contributed by atoms with Gasteiger partial charge in [-0.1, -0.05) is 176 Å². The first-order valence-electron chi connectivity index (χ1n) is 20.6. The summed E-state index contributed by atoms with van der Waals surface area (Å²) in [4.78, 5) is 2.42. The molecular formula is C58H40N2. The molecule has 0 N–H and O–H groups in total. The van der Waals surface area contributed by atoms with Crippen LogP contribution in [0.15, 0.2) is 243 Å². The first-order valence-corrected chi connectivity index (χ1v) is 20.6. The molecule has 0 atom stereocenters. The fraction of sp³-hybridized carbons (Fsp3) is 0. The van der Waals surface area contributed by atoms with Gasteiger partial charge in [-0.15, -0.1) is 0 Å². The van der Waals surface area contributed by atoms with Crippen molar-refractivity contribution in [3.05, 3.63) is 243 Å². The quantitative estimate of drug-likeness (QED) is 0.150. The zero-order valence-corrected chi connectivity index (χ0v) is 33.0. The average molecular weight is 765 g/mol. The van der Waals surface area contributed by atoms with Crippen LogP contribution < -0.4 is 4.90 Å². The molecule has 10 aromatic carbocycles. The largest absolute Gasteiger partial charge is 0.310 e. The molecule has 0 aliphatic heterocycles. The Bertz CT molecular complexity index is 3300. The molecular weight excluding hydrogens is 725 g/mol. The van der Waals surface area contributed by atoms with E-state index in [9.17, 15) is 0 Å². The van der Waals surface area contributed by atoms with E-state index in [1.165, 1.54) is 71.6 Å². The van der Waals surface area contributed by atoms with Crippen molar-refractivity contribution >= 4 is 49.6 Å². The van der Waals surface area contributed by atoms with Crippen molar-refractivity contribution in [3.63, 3.8) is 0 Å². The van der Waals surface area contributed by atoms with Gasteiger partial charge in [0.1, 0.15) is 0 Å². The summed E-state index contributed by atoms with van der Waals surface area (Å²) in [5, 5.41) is 4.90. The van der Waals surface area contributed by atoms with E-state index < -0.39 is 0 Å². The lowest BCUT2D eigenvalue weighted by molar-refractivity contribution is 1.18. The fourth-order valence-corrected chi connectivity index (χ4v) is 8.98. The third-order valence-electron chi connectivity index (χ3n) is 11.7. The van der Waals surface area contributed by atoms with Gasteiger partial charge >= 0.3 is 0 Å². The predicted octanol–water partition coefficient (Wildman–Crippen LogP) is 16.1. The number of benzene rings is 10. The predicted molar refractivity (Wildman–Crippen MR) is 255 cm³/mol. The highest BCUT2D eigenvalue weighted by Gasteiger charge is 2.21. The van der Waals surface area contributed by atoms with E-state index in [0.717, 1.165) is 28.3 Å². The molecule has 0 saturated carbocycles. The molecule has 0 unspecified atom stereocenters. The number of hydrogen-bond acceptors (Lipinski definition) is 1. The third-order valence-corrected chi connectivity index (χ3v) is 11.7. The van der Waals surface area contributed by atoms with Gasteiger partial charge < -0.3 is 9.47 Å². The molecule has 282 valence electrons. The number of nitrogens with zero attached hydrogens (tertiary/aromatic N) is 2. The van der Waals surface area contributed by atoms with Crippen LogP contribution in [0.3, 0.4) is 0 Å². The van der Waals surface area contributed by atoms with Crippen LogP contribution in [-0.4, -0.2) is 4.57 Å². The summed E-state index contributed by atoms with van der Waals surface area (Å²) in [6.45, 7) is 0. The molecule has 0 saturated heterocycles. The van der Waals surface area contributed by atoms with E-state index in [1.54, 1.807) is 0 Å². The Morgan fingerprint density at radius 2 is 0.783 bits per heavy atom. The van der Waals surface area contributed by atoms with Crippen molar-refractivity contribution in [2.24, 2.45) is 0 Å². The second kappa shape index (κ2) is 15.1. The van der Waals surface area contributed by atoms with Crippen LogP contribution in [0.5, 0.6) is 0 Å². The van der Waals surface area contributed by atoms with Crippen LogP contribution >= 0.6 is 0 Å². The molecule has 0 bridgehead atoms. The molecule has 0 aliphatic carbocycles. The van der Waals surface area contributed by atoms with Gasteiger partial charge in [0.2, 0.25) is 0 Å². The molecule has 1 aromatic heterocycles. The van der Waals surface area contributed by atoms with Gasteiger partial charge in [0.25, 0.3) is 0 Å². The number of fused-ring (bicyclic) bond motifs is 4. The van der Waals surface area contributed by atoms with E-state index in [0.29, 0.717) is 0 Å². The molecule has 11 aromatic rings. The topological polar surface area (TPSA) is 8.17 Å². The number of hydrogen-bond donors (Lipinski definition) is 0. The van der Waals surface area contributed by atoms with Crippen LogP contribution in [0, 0.1) is 0 Å². The SMILES string of the molecule is c1ccc(-c2cccc(-c3cccc4c3c3cc(N(c5cccc(-c6ccccc6)c5)c5cccc(-c6cccc7ccccc67)c5)ccc3n4-c3ccccc3)c2)cc1. The Morgan fingerprint density at radius 1 is 0.283 bits per heavy atom. The molecule has 60 heavy (non-hydrogen) atoms. The van der Waals surface area contributed by atoms with Gasteiger partial charge in [-0.25, -0.2) is 0 Å². The number of para-hydroxylation sites is 1. The second-order valence-electron chi connectivity index (χ2n) is 15.3. The van der Waals surface area contributed by atoms with E-state index in [2.05, 4.69) is 252 Å². The van der Waals surface area contributed by atoms with Crippen LogP contribution in [0.1, 0.15) is 0 Å². The van der Waals surface area contributed by atoms with Gasteiger partial charge in [0, 0.05) is 33.5 Å². The lowest BCUT2D eigenvalue weighted by atomic mass is 9.95. The van der Waals surface area contributed by atoms with Crippen LogP contribution in [0.25, 0.3) is 82.8 Å². The first kappa shape index (κ1) is 35.2. The van der Waals surface area contributed by atoms with E-state index in [4.69, 9.17) is 0 Å². The average Bonchev–Trinajstić information content (AvgIpc) is 3.66. The Balaban J connectivity index is 1.16. The zero-order valence-electron chi connectivity index (χ0n) is 33.0. The second-order valence-corrected chi connectivity index (χ2v) is 15.3. The molecule has 0 radical (unpaired) electrons. The highest BCUT2D eigenvalue weighted by atomic mass is 15.1. The molecule has 0 aliphatic rings. The van der Waals surface area contributed by atoms with Gasteiger partial charge in [0.05, 0.1) is 11.0 Å². The zero-order chi connectivity index (χ0) is 39.8. The highest BCUT2D eigenvalue weighted by Crippen LogP contribution is 2.44. The number of anilines is 3. The third kappa shape index (κ3) is 6.32. The lowest BCUT2D eigenvalue weighted by Gasteiger charge is -2.27. The maximum atomic E-state index is 2.42. The Morgan fingerprint density at radius 3 is 1.52 bits per heavy atom. The summed E-state index contributed by atoms with van der Waals surface area (Å²) in [6.07, 6.45) is 0. The van der Waals surface area contributed by atoms with Crippen molar-refractivity contribution in [1.82, 2.24) is 4.57 Å². The van der Waals surface area contributed by atoms with Crippen molar-refractivity contribution < 1.29 is 0 Å². The minimum absolute atomic E-state index is 1.09. The summed E-state index contributed by atoms with van der Waals surface area (Å²) in [5.41, 5.74) is 16.3. The van der Waals surface area contributed by atoms with Crippen molar-refractivity contribution in [1.29, 1.82) is 0 Å². The molecule has 0 spiro atoms. The Labute approximate surface area is 350 Å². The molecule has 0 fully saturated rings. The van der Waals surface area contributed by atoms with Gasteiger partial charge in [0.15, 0.2) is 0 Å². The standard InChI is InChI=1S/C58H40N2/c1-4-17-41(18-5-1)44-23-12-25-46(37-44)54-33-16-34-57-58(54)55-40-51(35-36-56(55)60(57)48-27-8-3-9-28-48)59(49-29-13-24-45(38-49)42-19-6-2-7-20-42)50-30-14-26-47(39-50)53-32-15-22-43-21-10-11-31-52(43)53/h1-40H. The summed E-state index contributed by atoms with van der Waals surface area (Å²) in [6, 6.07) is 88.0. The van der Waals surface area contributed by atoms with E-state index >= 15 is 0 Å². The number of aromatic nitrogens is 1. The van der Waals surface area contributed by atoms with E-state index in [-0.39, 0.29) is 0 Å². The Kier molecular flexibility index (Phi) is 8.87. The Hall–Kier alpha value is -7.94. The summed E-state index contributed by atoms with van der Waals surface area (Å²) >= 11 is 0. The minimum Gasteiger partial charge on any atom is -0.310 e. The summed E-state index contributed by atoms with van der Waals surface area (Å²) < 4.78 is 2.42. The maximum Gasteiger partial charge on any atom is 0.0547 e. The van der Waals surface area contributed by atoms with E-state index in [1.807, 2.05) is 0 Å². The van der Waals surface area contributed by atoms with Crippen LogP contribution in [0.2, 0.25) is 0 Å². The van der Waals surface area contributed by atoms with Crippen molar-refractivity contribution in [2.45, 2.75) is 0 Å². The normalized spacial score (nSPS) is 11.3. The fourth-order valence-electron chi connectivity index (χ4n) is 8.98. The minimum atomic E-state index is 1.09. The highest BCUT2D eigenvalue weighted by molar-refractivity contribution is 6.17. The summed E-state index contributed by atoms with van der Waals surface area (Å²) in [7, 11) is 0. The van der Waals surface area contributed by atoms with Crippen LogP contribution in [0.4, 0.5) is 17.1 Å². The van der Waals surface area contributed by atoms with Crippen molar-refractivity contribution in [3.8, 4) is 50.2 Å². The molecule has 2 heteroatoms. The van der Waals surface area contributed by atoms with Gasteiger partial charge in [-0.3, -0.25) is 0 Å². The van der Waals surface area contributed by atoms with Gasteiger partial charge in [-0.2, -0.15) is 0 Å². The smallest absolute Gasteiger partial charge is 0.0547 e. The molecule has 0 amide bonds. The maximum absolute atomic E-state index is 2.42. The molecule has 2 nitrogen and oxygen atoms in total.